The summed E-state index contributed by atoms with van der Waals surface area (Å²) in [7, 11) is 3.25. The Morgan fingerprint density at radius 1 is 1.26 bits per heavy atom. The van der Waals surface area contributed by atoms with E-state index >= 15 is 0 Å². The molecule has 0 unspecified atom stereocenters. The normalized spacial score (nSPS) is 15.9. The molecule has 2 N–H and O–H groups in total. The van der Waals surface area contributed by atoms with Crippen molar-refractivity contribution < 1.29 is 14.2 Å². The first-order chi connectivity index (χ1) is 10.6. The largest absolute Gasteiger partial charge is 0.493 e. The lowest BCUT2D eigenvalue weighted by Gasteiger charge is -2.36. The molecule has 1 aromatic carbocycles. The average molecular weight is 435 g/mol. The minimum Gasteiger partial charge on any atom is -0.493 e. The maximum atomic E-state index is 5.32. The Balaban J connectivity index is 0.00000264. The molecule has 0 spiro atoms. The summed E-state index contributed by atoms with van der Waals surface area (Å²) in [6.45, 7) is 7.29. The summed E-state index contributed by atoms with van der Waals surface area (Å²) < 4.78 is 15.8. The molecule has 1 aromatic rings. The molecule has 1 heterocycles. The molecule has 23 heavy (non-hydrogen) atoms. The summed E-state index contributed by atoms with van der Waals surface area (Å²) in [4.78, 5) is 4.64. The van der Waals surface area contributed by atoms with Crippen molar-refractivity contribution in [3.63, 3.8) is 0 Å². The fourth-order valence-corrected chi connectivity index (χ4v) is 2.17. The Hall–Kier alpha value is -1.22. The van der Waals surface area contributed by atoms with Crippen LogP contribution in [0.25, 0.3) is 0 Å². The maximum absolute atomic E-state index is 5.32. The van der Waals surface area contributed by atoms with E-state index in [1.807, 2.05) is 25.1 Å². The summed E-state index contributed by atoms with van der Waals surface area (Å²) in [5, 5.41) is 6.53. The highest BCUT2D eigenvalue weighted by Gasteiger charge is 2.33. The molecule has 1 aliphatic rings. The molecular formula is C16H26IN3O3. The molecule has 1 fully saturated rings. The Bertz CT molecular complexity index is 533. The summed E-state index contributed by atoms with van der Waals surface area (Å²) in [5.74, 6) is 2.14. The van der Waals surface area contributed by atoms with Gasteiger partial charge in [-0.2, -0.15) is 0 Å². The van der Waals surface area contributed by atoms with Crippen LogP contribution in [-0.2, 0) is 4.74 Å². The van der Waals surface area contributed by atoms with Crippen LogP contribution in [0.3, 0.4) is 0 Å². The monoisotopic (exact) mass is 435 g/mol. The molecular weight excluding hydrogens is 409 g/mol. The van der Waals surface area contributed by atoms with Gasteiger partial charge in [-0.15, -0.1) is 24.0 Å². The van der Waals surface area contributed by atoms with Crippen molar-refractivity contribution in [3.05, 3.63) is 18.2 Å². The number of guanidine groups is 1. The quantitative estimate of drug-likeness (QED) is 0.409. The molecule has 0 amide bonds. The van der Waals surface area contributed by atoms with Gasteiger partial charge in [0, 0.05) is 23.7 Å². The summed E-state index contributed by atoms with van der Waals surface area (Å²) in [6.07, 6.45) is 0. The number of hydrogen-bond acceptors (Lipinski definition) is 4. The molecule has 0 bridgehead atoms. The molecule has 1 aliphatic heterocycles. The lowest BCUT2D eigenvalue weighted by Crippen LogP contribution is -2.43. The third-order valence-electron chi connectivity index (χ3n) is 3.51. The Labute approximate surface area is 155 Å². The summed E-state index contributed by atoms with van der Waals surface area (Å²) >= 11 is 0. The van der Waals surface area contributed by atoms with Gasteiger partial charge in [0.25, 0.3) is 0 Å². The first kappa shape index (κ1) is 19.8. The van der Waals surface area contributed by atoms with E-state index < -0.39 is 0 Å². The van der Waals surface area contributed by atoms with E-state index in [0.29, 0.717) is 11.5 Å². The second-order valence-electron chi connectivity index (χ2n) is 5.69. The Kier molecular flexibility index (Phi) is 7.90. The van der Waals surface area contributed by atoms with Crippen LogP contribution in [0.2, 0.25) is 0 Å². The van der Waals surface area contributed by atoms with Crippen molar-refractivity contribution in [1.82, 2.24) is 5.32 Å². The van der Waals surface area contributed by atoms with Crippen LogP contribution in [0.15, 0.2) is 23.2 Å². The highest BCUT2D eigenvalue weighted by molar-refractivity contribution is 14.0. The molecule has 1 saturated heterocycles. The second-order valence-corrected chi connectivity index (χ2v) is 5.69. The predicted octanol–water partition coefficient (Wildman–Crippen LogP) is 2.74. The van der Waals surface area contributed by atoms with Crippen molar-refractivity contribution in [3.8, 4) is 11.5 Å². The van der Waals surface area contributed by atoms with Gasteiger partial charge in [-0.25, -0.2) is 0 Å². The van der Waals surface area contributed by atoms with Crippen molar-refractivity contribution in [1.29, 1.82) is 0 Å². The summed E-state index contributed by atoms with van der Waals surface area (Å²) in [5.41, 5.74) is 1.05. The van der Waals surface area contributed by atoms with Gasteiger partial charge in [0.2, 0.25) is 0 Å². The SMILES string of the molecule is CCNC(=NCC1(C)COC1)Nc1ccc(OC)c(OC)c1.I. The number of methoxy groups -OCH3 is 2. The predicted molar refractivity (Wildman–Crippen MR) is 103 cm³/mol. The molecule has 0 atom stereocenters. The van der Waals surface area contributed by atoms with Crippen LogP contribution >= 0.6 is 24.0 Å². The number of ether oxygens (including phenoxy) is 3. The lowest BCUT2D eigenvalue weighted by molar-refractivity contribution is -0.0945. The summed E-state index contributed by atoms with van der Waals surface area (Å²) in [6, 6.07) is 5.69. The topological polar surface area (TPSA) is 64.1 Å². The molecule has 0 radical (unpaired) electrons. The number of aliphatic imine (C=N–C) groups is 1. The van der Waals surface area contributed by atoms with Crippen molar-refractivity contribution in [2.45, 2.75) is 13.8 Å². The van der Waals surface area contributed by atoms with Crippen molar-refractivity contribution >= 4 is 35.6 Å². The van der Waals surface area contributed by atoms with E-state index in [1.165, 1.54) is 0 Å². The first-order valence-electron chi connectivity index (χ1n) is 7.45. The molecule has 0 aromatic heterocycles. The van der Waals surface area contributed by atoms with Crippen molar-refractivity contribution in [2.75, 3.05) is 45.8 Å². The zero-order valence-corrected chi connectivity index (χ0v) is 16.5. The van der Waals surface area contributed by atoms with Crippen molar-refractivity contribution in [2.24, 2.45) is 10.4 Å². The molecule has 6 nitrogen and oxygen atoms in total. The van der Waals surface area contributed by atoms with E-state index in [9.17, 15) is 0 Å². The zero-order chi connectivity index (χ0) is 16.0. The van der Waals surface area contributed by atoms with Gasteiger partial charge in [0.05, 0.1) is 34.0 Å². The van der Waals surface area contributed by atoms with E-state index in [-0.39, 0.29) is 29.4 Å². The van der Waals surface area contributed by atoms with Crippen LogP contribution in [0, 0.1) is 5.41 Å². The van der Waals surface area contributed by atoms with Crippen LogP contribution in [0.5, 0.6) is 11.5 Å². The molecule has 2 rings (SSSR count). The molecule has 130 valence electrons. The second kappa shape index (κ2) is 9.17. The number of rotatable bonds is 6. The zero-order valence-electron chi connectivity index (χ0n) is 14.1. The molecule has 0 saturated carbocycles. The van der Waals surface area contributed by atoms with E-state index in [0.717, 1.165) is 38.0 Å². The van der Waals surface area contributed by atoms with Gasteiger partial charge in [-0.1, -0.05) is 6.92 Å². The highest BCUT2D eigenvalue weighted by Crippen LogP contribution is 2.30. The van der Waals surface area contributed by atoms with E-state index in [4.69, 9.17) is 14.2 Å². The average Bonchev–Trinajstić information content (AvgIpc) is 2.50. The number of anilines is 1. The minimum atomic E-state index is 0. The van der Waals surface area contributed by atoms with Gasteiger partial charge in [-0.3, -0.25) is 4.99 Å². The van der Waals surface area contributed by atoms with Crippen LogP contribution in [0.4, 0.5) is 5.69 Å². The number of halogens is 1. The standard InChI is InChI=1S/C16H25N3O3.HI/c1-5-17-15(18-9-16(2)10-22-11-16)19-12-6-7-13(20-3)14(8-12)21-4;/h6-8H,5,9-11H2,1-4H3,(H2,17,18,19);1H. The van der Waals surface area contributed by atoms with Gasteiger partial charge >= 0.3 is 0 Å². The van der Waals surface area contributed by atoms with Gasteiger partial charge in [-0.05, 0) is 19.1 Å². The Morgan fingerprint density at radius 2 is 1.96 bits per heavy atom. The van der Waals surface area contributed by atoms with Gasteiger partial charge in [0.1, 0.15) is 0 Å². The number of hydrogen-bond donors (Lipinski definition) is 2. The molecule has 7 heteroatoms. The fourth-order valence-electron chi connectivity index (χ4n) is 2.17. The smallest absolute Gasteiger partial charge is 0.195 e. The van der Waals surface area contributed by atoms with E-state index in [2.05, 4.69) is 22.5 Å². The van der Waals surface area contributed by atoms with Crippen LogP contribution in [0.1, 0.15) is 13.8 Å². The number of nitrogens with zero attached hydrogens (tertiary/aromatic N) is 1. The minimum absolute atomic E-state index is 0. The molecule has 0 aliphatic carbocycles. The van der Waals surface area contributed by atoms with Gasteiger partial charge in [0.15, 0.2) is 17.5 Å². The maximum Gasteiger partial charge on any atom is 0.195 e. The van der Waals surface area contributed by atoms with Crippen LogP contribution in [-0.4, -0.2) is 46.5 Å². The third-order valence-corrected chi connectivity index (χ3v) is 3.51. The van der Waals surface area contributed by atoms with E-state index in [1.54, 1.807) is 14.2 Å². The highest BCUT2D eigenvalue weighted by atomic mass is 127. The number of nitrogens with one attached hydrogen (secondary N) is 2. The number of benzene rings is 1. The van der Waals surface area contributed by atoms with Crippen LogP contribution < -0.4 is 20.1 Å². The lowest BCUT2D eigenvalue weighted by atomic mass is 9.89. The third kappa shape index (κ3) is 5.42. The first-order valence-corrected chi connectivity index (χ1v) is 7.45. The van der Waals surface area contributed by atoms with Gasteiger partial charge < -0.3 is 24.8 Å². The Morgan fingerprint density at radius 3 is 2.48 bits per heavy atom. The fraction of sp³-hybridized carbons (Fsp3) is 0.562.